The summed E-state index contributed by atoms with van der Waals surface area (Å²) >= 11 is 17.3. The van der Waals surface area contributed by atoms with E-state index >= 15 is 0 Å². The first-order valence-corrected chi connectivity index (χ1v) is 6.31. The van der Waals surface area contributed by atoms with Crippen LogP contribution in [0.25, 0.3) is 0 Å². The second-order valence-electron chi connectivity index (χ2n) is 3.83. The van der Waals surface area contributed by atoms with Crippen LogP contribution in [0.3, 0.4) is 0 Å². The summed E-state index contributed by atoms with van der Waals surface area (Å²) in [6, 6.07) is 0. The van der Waals surface area contributed by atoms with Gasteiger partial charge in [0.25, 0.3) is 3.79 Å². The number of hydrogen-bond donors (Lipinski definition) is 2. The van der Waals surface area contributed by atoms with Gasteiger partial charge in [0.15, 0.2) is 0 Å². The zero-order valence-corrected chi connectivity index (χ0v) is 11.3. The predicted molar refractivity (Wildman–Crippen MR) is 63.7 cm³/mol. The zero-order valence-electron chi connectivity index (χ0n) is 9.01. The van der Waals surface area contributed by atoms with Crippen molar-refractivity contribution in [2.75, 3.05) is 13.2 Å². The van der Waals surface area contributed by atoms with Crippen LogP contribution in [0, 0.1) is 0 Å². The van der Waals surface area contributed by atoms with Crippen LogP contribution >= 0.6 is 34.8 Å². The first-order valence-electron chi connectivity index (χ1n) is 5.18. The molecule has 0 aromatic heterocycles. The van der Waals surface area contributed by atoms with Crippen LogP contribution < -0.4 is 10.6 Å². The fourth-order valence-corrected chi connectivity index (χ4v) is 2.04. The van der Waals surface area contributed by atoms with E-state index in [4.69, 9.17) is 39.5 Å². The monoisotopic (exact) mass is 289 g/mol. The van der Waals surface area contributed by atoms with E-state index in [2.05, 4.69) is 5.32 Å². The summed E-state index contributed by atoms with van der Waals surface area (Å²) in [4.78, 5) is 11.0. The number of nitrogens with two attached hydrogens (primary N) is 1. The standard InChI is InChI=1S/C9H15Cl3N2O2/c1-6(15)14-8(9(10,11)12)13-5-7-3-2-4-16-7/h7-8,13H,2-5H2,1H3,(H,14,15)/p+1/t7-,8+/m1/s1. The van der Waals surface area contributed by atoms with E-state index < -0.39 is 9.96 Å². The van der Waals surface area contributed by atoms with Gasteiger partial charge in [-0.2, -0.15) is 0 Å². The van der Waals surface area contributed by atoms with Gasteiger partial charge in [0.05, 0.1) is 0 Å². The van der Waals surface area contributed by atoms with Crippen molar-refractivity contribution in [3.63, 3.8) is 0 Å². The molecule has 1 rings (SSSR count). The zero-order chi connectivity index (χ0) is 12.2. The Morgan fingerprint density at radius 2 is 2.31 bits per heavy atom. The highest BCUT2D eigenvalue weighted by molar-refractivity contribution is 6.68. The number of alkyl halides is 3. The lowest BCUT2D eigenvalue weighted by molar-refractivity contribution is -0.697. The number of ether oxygens (including phenoxy) is 1. The lowest BCUT2D eigenvalue weighted by atomic mass is 10.2. The van der Waals surface area contributed by atoms with Crippen LogP contribution in [-0.4, -0.2) is 35.1 Å². The van der Waals surface area contributed by atoms with Crippen LogP contribution in [0.2, 0.25) is 0 Å². The molecule has 1 fully saturated rings. The Bertz CT molecular complexity index is 239. The average Bonchev–Trinajstić information content (AvgIpc) is 2.62. The molecular weight excluding hydrogens is 274 g/mol. The number of halogens is 3. The largest absolute Gasteiger partial charge is 0.372 e. The van der Waals surface area contributed by atoms with Gasteiger partial charge in [0, 0.05) is 13.5 Å². The van der Waals surface area contributed by atoms with Gasteiger partial charge >= 0.3 is 0 Å². The van der Waals surface area contributed by atoms with E-state index in [9.17, 15) is 4.79 Å². The highest BCUT2D eigenvalue weighted by atomic mass is 35.6. The highest BCUT2D eigenvalue weighted by Gasteiger charge is 2.37. The summed E-state index contributed by atoms with van der Waals surface area (Å²) in [6.45, 7) is 2.86. The summed E-state index contributed by atoms with van der Waals surface area (Å²) in [5.41, 5.74) is 0. The molecule has 1 heterocycles. The van der Waals surface area contributed by atoms with Crippen molar-refractivity contribution in [3.05, 3.63) is 0 Å². The van der Waals surface area contributed by atoms with Crippen LogP contribution in [0.5, 0.6) is 0 Å². The molecule has 1 aliphatic heterocycles. The van der Waals surface area contributed by atoms with E-state index in [1.165, 1.54) is 6.92 Å². The number of quaternary nitrogens is 1. The van der Waals surface area contributed by atoms with E-state index in [-0.39, 0.29) is 12.0 Å². The Morgan fingerprint density at radius 3 is 2.75 bits per heavy atom. The van der Waals surface area contributed by atoms with Crippen LogP contribution in [0.15, 0.2) is 0 Å². The van der Waals surface area contributed by atoms with Crippen LogP contribution in [0.4, 0.5) is 0 Å². The maximum absolute atomic E-state index is 11.0. The van der Waals surface area contributed by atoms with Gasteiger partial charge in [0.1, 0.15) is 12.6 Å². The molecule has 1 amide bonds. The number of hydrogen-bond acceptors (Lipinski definition) is 2. The SMILES string of the molecule is CC(=O)N[C@H]([NH2+]C[C@H]1CCCO1)C(Cl)(Cl)Cl. The highest BCUT2D eigenvalue weighted by Crippen LogP contribution is 2.27. The van der Waals surface area contributed by atoms with Crippen molar-refractivity contribution in [1.82, 2.24) is 5.32 Å². The molecule has 0 aliphatic carbocycles. The summed E-state index contributed by atoms with van der Waals surface area (Å²) < 4.78 is 3.92. The normalized spacial score (nSPS) is 23.1. The molecule has 0 aromatic carbocycles. The molecule has 0 radical (unpaired) electrons. The Balaban J connectivity index is 2.40. The molecule has 0 spiro atoms. The van der Waals surface area contributed by atoms with Gasteiger partial charge < -0.3 is 15.4 Å². The number of nitrogens with one attached hydrogen (secondary N) is 1. The number of rotatable bonds is 4. The smallest absolute Gasteiger partial charge is 0.262 e. The van der Waals surface area contributed by atoms with Gasteiger partial charge in [-0.3, -0.25) is 4.79 Å². The molecule has 16 heavy (non-hydrogen) atoms. The molecule has 94 valence electrons. The second-order valence-corrected chi connectivity index (χ2v) is 6.20. The maximum atomic E-state index is 11.0. The minimum Gasteiger partial charge on any atom is -0.372 e. The topological polar surface area (TPSA) is 54.9 Å². The predicted octanol–water partition coefficient (Wildman–Crippen LogP) is 0.561. The van der Waals surface area contributed by atoms with Crippen molar-refractivity contribution < 1.29 is 14.8 Å². The molecule has 1 saturated heterocycles. The average molecular weight is 291 g/mol. The molecule has 4 nitrogen and oxygen atoms in total. The number of carbonyl (C=O) groups excluding carboxylic acids is 1. The van der Waals surface area contributed by atoms with Gasteiger partial charge in [-0.15, -0.1) is 0 Å². The third kappa shape index (κ3) is 5.06. The number of carbonyl (C=O) groups is 1. The van der Waals surface area contributed by atoms with Gasteiger partial charge in [-0.1, -0.05) is 34.8 Å². The molecule has 1 aliphatic rings. The van der Waals surface area contributed by atoms with Crippen molar-refractivity contribution >= 4 is 40.7 Å². The lowest BCUT2D eigenvalue weighted by Gasteiger charge is -2.23. The van der Waals surface area contributed by atoms with Crippen molar-refractivity contribution in [2.45, 2.75) is 35.8 Å². The fraction of sp³-hybridized carbons (Fsp3) is 0.889. The number of amides is 1. The Kier molecular flexibility index (Phi) is 5.61. The summed E-state index contributed by atoms with van der Waals surface area (Å²) in [7, 11) is 0. The summed E-state index contributed by atoms with van der Waals surface area (Å²) in [6.07, 6.45) is 1.68. The molecular formula is C9H16Cl3N2O2+. The van der Waals surface area contributed by atoms with E-state index in [1.54, 1.807) is 5.32 Å². The molecule has 0 aromatic rings. The summed E-state index contributed by atoms with van der Waals surface area (Å²) in [5.74, 6) is -0.222. The molecule has 0 saturated carbocycles. The Morgan fingerprint density at radius 1 is 1.62 bits per heavy atom. The molecule has 7 heteroatoms. The quantitative estimate of drug-likeness (QED) is 0.587. The molecule has 0 bridgehead atoms. The lowest BCUT2D eigenvalue weighted by Crippen LogP contribution is -2.97. The molecule has 3 N–H and O–H groups in total. The van der Waals surface area contributed by atoms with Gasteiger partial charge in [-0.25, -0.2) is 0 Å². The van der Waals surface area contributed by atoms with E-state index in [0.717, 1.165) is 19.4 Å². The summed E-state index contributed by atoms with van der Waals surface area (Å²) in [5, 5.41) is 4.39. The minimum atomic E-state index is -1.52. The Hall–Kier alpha value is 0.260. The first kappa shape index (κ1) is 14.3. The minimum absolute atomic E-state index is 0.184. The van der Waals surface area contributed by atoms with Crippen LogP contribution in [-0.2, 0) is 9.53 Å². The van der Waals surface area contributed by atoms with E-state index in [0.29, 0.717) is 6.54 Å². The van der Waals surface area contributed by atoms with Crippen molar-refractivity contribution in [1.29, 1.82) is 0 Å². The van der Waals surface area contributed by atoms with Crippen LogP contribution in [0.1, 0.15) is 19.8 Å². The first-order chi connectivity index (χ1) is 7.39. The Labute approximate surface area is 110 Å². The molecule has 2 atom stereocenters. The maximum Gasteiger partial charge on any atom is 0.262 e. The molecule has 0 unspecified atom stereocenters. The van der Waals surface area contributed by atoms with Gasteiger partial charge in [-0.05, 0) is 12.8 Å². The van der Waals surface area contributed by atoms with Crippen molar-refractivity contribution in [3.8, 4) is 0 Å². The van der Waals surface area contributed by atoms with Crippen molar-refractivity contribution in [2.24, 2.45) is 0 Å². The van der Waals surface area contributed by atoms with E-state index in [1.807, 2.05) is 0 Å². The fourth-order valence-electron chi connectivity index (χ4n) is 1.61. The third-order valence-corrected chi connectivity index (χ3v) is 3.08. The second kappa shape index (κ2) is 6.26. The van der Waals surface area contributed by atoms with Gasteiger partial charge in [0.2, 0.25) is 12.1 Å². The third-order valence-electron chi connectivity index (χ3n) is 2.37.